The molecule has 0 aromatic rings. The Hall–Kier alpha value is -0.610. The molecule has 1 amide bonds. The lowest BCUT2D eigenvalue weighted by Crippen LogP contribution is -2.54. The van der Waals surface area contributed by atoms with Crippen LogP contribution in [0.5, 0.6) is 0 Å². The van der Waals surface area contributed by atoms with E-state index in [0.717, 1.165) is 32.2 Å². The molecule has 0 aromatic heterocycles. The third kappa shape index (κ3) is 3.11. The van der Waals surface area contributed by atoms with Crippen LogP contribution in [0, 0.1) is 5.92 Å². The van der Waals surface area contributed by atoms with Crippen molar-refractivity contribution >= 4 is 5.91 Å². The Morgan fingerprint density at radius 2 is 1.95 bits per heavy atom. The predicted octanol–water partition coefficient (Wildman–Crippen LogP) is 1.48. The zero-order valence-electron chi connectivity index (χ0n) is 12.5. The molecule has 2 aliphatic rings. The number of nitrogens with zero attached hydrogens (tertiary/aromatic N) is 2. The van der Waals surface area contributed by atoms with Gasteiger partial charge in [0, 0.05) is 26.1 Å². The van der Waals surface area contributed by atoms with E-state index in [4.69, 9.17) is 0 Å². The van der Waals surface area contributed by atoms with Gasteiger partial charge in [0.15, 0.2) is 0 Å². The number of aliphatic hydroxyl groups is 1. The Balaban J connectivity index is 2.09. The summed E-state index contributed by atoms with van der Waals surface area (Å²) in [6.07, 6.45) is 6.56. The molecule has 0 radical (unpaired) electrons. The van der Waals surface area contributed by atoms with E-state index in [1.807, 2.05) is 21.0 Å². The second-order valence-electron chi connectivity index (χ2n) is 6.37. The summed E-state index contributed by atoms with van der Waals surface area (Å²) >= 11 is 0. The third-order valence-electron chi connectivity index (χ3n) is 4.91. The third-order valence-corrected chi connectivity index (χ3v) is 4.91. The van der Waals surface area contributed by atoms with Crippen molar-refractivity contribution in [1.29, 1.82) is 0 Å². The summed E-state index contributed by atoms with van der Waals surface area (Å²) < 4.78 is 0. The number of carbonyl (C=O) groups is 1. The van der Waals surface area contributed by atoms with Gasteiger partial charge in [0.25, 0.3) is 0 Å². The number of aliphatic hydroxyl groups excluding tert-OH is 1. The van der Waals surface area contributed by atoms with Gasteiger partial charge in [-0.05, 0) is 39.2 Å². The number of carbonyl (C=O) groups excluding carboxylic acids is 1. The van der Waals surface area contributed by atoms with E-state index in [-0.39, 0.29) is 18.1 Å². The number of hydrogen-bond acceptors (Lipinski definition) is 3. The molecule has 4 unspecified atom stereocenters. The number of amides is 1. The van der Waals surface area contributed by atoms with Crippen molar-refractivity contribution in [3.05, 3.63) is 0 Å². The van der Waals surface area contributed by atoms with E-state index in [0.29, 0.717) is 12.0 Å². The highest BCUT2D eigenvalue weighted by Gasteiger charge is 2.40. The minimum absolute atomic E-state index is 0.0619. The molecule has 1 aliphatic heterocycles. The second-order valence-corrected chi connectivity index (χ2v) is 6.37. The molecule has 19 heavy (non-hydrogen) atoms. The van der Waals surface area contributed by atoms with Crippen LogP contribution in [0.4, 0.5) is 0 Å². The van der Waals surface area contributed by atoms with Crippen LogP contribution >= 0.6 is 0 Å². The molecule has 2 fully saturated rings. The summed E-state index contributed by atoms with van der Waals surface area (Å²) in [5.74, 6) is 0.553. The maximum absolute atomic E-state index is 12.2. The summed E-state index contributed by atoms with van der Waals surface area (Å²) in [5.41, 5.74) is 0. The smallest absolute Gasteiger partial charge is 0.239 e. The molecule has 110 valence electrons. The maximum Gasteiger partial charge on any atom is 0.239 e. The minimum Gasteiger partial charge on any atom is -0.393 e. The standard InChI is InChI=1S/C15H28N2O2/c1-11(15(19)16(2)3)17-10-5-4-8-13(17)12-7-6-9-14(12)18/h11-14,18H,4-10H2,1-3H3. The predicted molar refractivity (Wildman–Crippen MR) is 75.8 cm³/mol. The van der Waals surface area contributed by atoms with Gasteiger partial charge in [-0.2, -0.15) is 0 Å². The lowest BCUT2D eigenvalue weighted by atomic mass is 9.86. The van der Waals surface area contributed by atoms with E-state index in [9.17, 15) is 9.90 Å². The molecule has 1 N–H and O–H groups in total. The largest absolute Gasteiger partial charge is 0.393 e. The van der Waals surface area contributed by atoms with Gasteiger partial charge in [-0.15, -0.1) is 0 Å². The van der Waals surface area contributed by atoms with Gasteiger partial charge in [0.05, 0.1) is 12.1 Å². The topological polar surface area (TPSA) is 43.8 Å². The quantitative estimate of drug-likeness (QED) is 0.843. The molecule has 2 rings (SSSR count). The fourth-order valence-electron chi connectivity index (χ4n) is 3.85. The molecule has 1 saturated carbocycles. The fraction of sp³-hybridized carbons (Fsp3) is 0.933. The SMILES string of the molecule is CC(C(=O)N(C)C)N1CCCCC1C1CCCC1O. The molecule has 0 spiro atoms. The highest BCUT2D eigenvalue weighted by molar-refractivity contribution is 5.81. The lowest BCUT2D eigenvalue weighted by Gasteiger charge is -2.43. The van der Waals surface area contributed by atoms with Gasteiger partial charge in [-0.25, -0.2) is 0 Å². The average Bonchev–Trinajstić information content (AvgIpc) is 2.83. The fourth-order valence-corrected chi connectivity index (χ4v) is 3.85. The first-order valence-corrected chi connectivity index (χ1v) is 7.67. The van der Waals surface area contributed by atoms with Crippen molar-refractivity contribution in [3.63, 3.8) is 0 Å². The van der Waals surface area contributed by atoms with E-state index in [2.05, 4.69) is 4.90 Å². The molecule has 0 aromatic carbocycles. The summed E-state index contributed by atoms with van der Waals surface area (Å²) in [7, 11) is 3.64. The van der Waals surface area contributed by atoms with Gasteiger partial charge in [-0.3, -0.25) is 9.69 Å². The Morgan fingerprint density at radius 3 is 2.53 bits per heavy atom. The molecule has 1 heterocycles. The van der Waals surface area contributed by atoms with Crippen molar-refractivity contribution in [3.8, 4) is 0 Å². The molecular formula is C15H28N2O2. The van der Waals surface area contributed by atoms with E-state index < -0.39 is 0 Å². The molecule has 1 aliphatic carbocycles. The second kappa shape index (κ2) is 6.23. The Bertz CT molecular complexity index is 319. The zero-order valence-corrected chi connectivity index (χ0v) is 12.5. The summed E-state index contributed by atoms with van der Waals surface area (Å²) in [5, 5.41) is 10.2. The number of likely N-dealkylation sites (N-methyl/N-ethyl adjacent to an activating group) is 1. The first kappa shape index (κ1) is 14.8. The molecule has 1 saturated heterocycles. The van der Waals surface area contributed by atoms with Crippen LogP contribution in [0.15, 0.2) is 0 Å². The van der Waals surface area contributed by atoms with Crippen molar-refractivity contribution < 1.29 is 9.90 Å². The normalized spacial score (nSPS) is 34.2. The van der Waals surface area contributed by atoms with Crippen molar-refractivity contribution in [2.75, 3.05) is 20.6 Å². The van der Waals surface area contributed by atoms with E-state index >= 15 is 0 Å². The number of likely N-dealkylation sites (tertiary alicyclic amines) is 1. The van der Waals surface area contributed by atoms with Crippen LogP contribution in [0.25, 0.3) is 0 Å². The van der Waals surface area contributed by atoms with Gasteiger partial charge in [0.2, 0.25) is 5.91 Å². The van der Waals surface area contributed by atoms with Gasteiger partial charge >= 0.3 is 0 Å². The number of rotatable bonds is 3. The van der Waals surface area contributed by atoms with Gasteiger partial charge in [0.1, 0.15) is 0 Å². The first-order chi connectivity index (χ1) is 9.02. The molecule has 0 bridgehead atoms. The van der Waals surface area contributed by atoms with Crippen LogP contribution in [0.2, 0.25) is 0 Å². The minimum atomic E-state index is -0.160. The summed E-state index contributed by atoms with van der Waals surface area (Å²) in [6.45, 7) is 3.01. The van der Waals surface area contributed by atoms with Gasteiger partial charge in [-0.1, -0.05) is 12.8 Å². The Kier molecular flexibility index (Phi) is 4.85. The van der Waals surface area contributed by atoms with Crippen LogP contribution < -0.4 is 0 Å². The van der Waals surface area contributed by atoms with E-state index in [1.165, 1.54) is 12.8 Å². The van der Waals surface area contributed by atoms with Crippen LogP contribution in [-0.2, 0) is 4.79 Å². The van der Waals surface area contributed by atoms with Gasteiger partial charge < -0.3 is 10.0 Å². The van der Waals surface area contributed by atoms with E-state index in [1.54, 1.807) is 4.90 Å². The average molecular weight is 268 g/mol. The van der Waals surface area contributed by atoms with Crippen molar-refractivity contribution in [2.45, 2.75) is 63.6 Å². The Labute approximate surface area is 116 Å². The number of piperidine rings is 1. The Morgan fingerprint density at radius 1 is 1.21 bits per heavy atom. The summed E-state index contributed by atoms with van der Waals surface area (Å²) in [6, 6.07) is 0.332. The van der Waals surface area contributed by atoms with Crippen LogP contribution in [-0.4, -0.2) is 59.6 Å². The summed E-state index contributed by atoms with van der Waals surface area (Å²) in [4.78, 5) is 16.2. The van der Waals surface area contributed by atoms with Crippen LogP contribution in [0.1, 0.15) is 45.4 Å². The zero-order chi connectivity index (χ0) is 14.0. The highest BCUT2D eigenvalue weighted by Crippen LogP contribution is 2.36. The molecule has 4 nitrogen and oxygen atoms in total. The number of hydrogen-bond donors (Lipinski definition) is 1. The first-order valence-electron chi connectivity index (χ1n) is 7.67. The van der Waals surface area contributed by atoms with Crippen LogP contribution in [0.3, 0.4) is 0 Å². The maximum atomic E-state index is 12.2. The van der Waals surface area contributed by atoms with Crippen molar-refractivity contribution in [2.24, 2.45) is 5.92 Å². The molecule has 4 heteroatoms. The monoisotopic (exact) mass is 268 g/mol. The highest BCUT2D eigenvalue weighted by atomic mass is 16.3. The lowest BCUT2D eigenvalue weighted by molar-refractivity contribution is -0.136. The molecule has 4 atom stereocenters. The molecular weight excluding hydrogens is 240 g/mol. The van der Waals surface area contributed by atoms with Crippen molar-refractivity contribution in [1.82, 2.24) is 9.80 Å².